The number of pyridine rings is 1. The Morgan fingerprint density at radius 3 is 1.74 bits per heavy atom. The minimum Gasteiger partial charge on any atom is -0.264 e. The van der Waals surface area contributed by atoms with Crippen LogP contribution in [-0.2, 0) is 0 Å². The van der Waals surface area contributed by atoms with Crippen molar-refractivity contribution in [2.75, 3.05) is 0 Å². The average Bonchev–Trinajstić information content (AvgIpc) is 3.26. The van der Waals surface area contributed by atoms with Crippen LogP contribution in [0.2, 0.25) is 0 Å². The summed E-state index contributed by atoms with van der Waals surface area (Å²) in [7, 11) is 0. The van der Waals surface area contributed by atoms with E-state index in [-0.39, 0.29) is 0 Å². The van der Waals surface area contributed by atoms with Crippen LogP contribution >= 0.6 is 0 Å². The van der Waals surface area contributed by atoms with E-state index in [1.807, 2.05) is 12.3 Å². The topological polar surface area (TPSA) is 38.7 Å². The van der Waals surface area contributed by atoms with Crippen molar-refractivity contribution in [3.8, 4) is 67.3 Å². The molecule has 0 atom stereocenters. The Morgan fingerprint density at radius 1 is 0.389 bits per heavy atom. The Labute approximate surface area is 314 Å². The number of benzene rings is 7. The van der Waals surface area contributed by atoms with Crippen molar-refractivity contribution in [1.29, 1.82) is 0 Å². The monoisotopic (exact) mass is 689 g/mol. The van der Waals surface area contributed by atoms with E-state index in [0.29, 0.717) is 5.82 Å². The van der Waals surface area contributed by atoms with Crippen molar-refractivity contribution in [3.63, 3.8) is 0 Å². The van der Waals surface area contributed by atoms with Crippen LogP contribution in [0.25, 0.3) is 101 Å². The molecule has 0 fully saturated rings. The highest BCUT2D eigenvalue weighted by atomic mass is 14.9. The van der Waals surface area contributed by atoms with Gasteiger partial charge >= 0.3 is 0 Å². The van der Waals surface area contributed by atoms with Crippen molar-refractivity contribution >= 4 is 33.7 Å². The third kappa shape index (κ3) is 5.67. The second-order valence-corrected chi connectivity index (χ2v) is 13.9. The molecule has 254 valence electrons. The molecule has 0 saturated heterocycles. The van der Waals surface area contributed by atoms with Crippen molar-refractivity contribution in [1.82, 2.24) is 15.0 Å². The Balaban J connectivity index is 1.19. The lowest BCUT2D eigenvalue weighted by Crippen LogP contribution is -2.31. The van der Waals surface area contributed by atoms with Gasteiger partial charge in [0, 0.05) is 34.6 Å². The third-order valence-corrected chi connectivity index (χ3v) is 10.6. The summed E-state index contributed by atoms with van der Waals surface area (Å²) in [4.78, 5) is 15.0. The molecule has 0 amide bonds. The first kappa shape index (κ1) is 31.7. The highest BCUT2D eigenvalue weighted by Gasteiger charge is 2.18. The molecule has 0 unspecified atom stereocenters. The van der Waals surface area contributed by atoms with E-state index < -0.39 is 0 Å². The van der Waals surface area contributed by atoms with E-state index in [1.54, 1.807) is 6.20 Å². The summed E-state index contributed by atoms with van der Waals surface area (Å²) in [5.41, 5.74) is 12.0. The van der Waals surface area contributed by atoms with Gasteiger partial charge < -0.3 is 0 Å². The fourth-order valence-electron chi connectivity index (χ4n) is 8.10. The smallest absolute Gasteiger partial charge is 0.160 e. The van der Waals surface area contributed by atoms with Crippen LogP contribution in [-0.4, -0.2) is 15.0 Å². The molecular formula is C51H35N3. The van der Waals surface area contributed by atoms with Gasteiger partial charge in [-0.2, -0.15) is 0 Å². The van der Waals surface area contributed by atoms with Crippen molar-refractivity contribution in [2.24, 2.45) is 0 Å². The van der Waals surface area contributed by atoms with Crippen LogP contribution in [0.1, 0.15) is 12.8 Å². The molecule has 54 heavy (non-hydrogen) atoms. The number of aromatic nitrogens is 3. The first-order chi connectivity index (χ1) is 26.8. The summed E-state index contributed by atoms with van der Waals surface area (Å²) in [6.45, 7) is 0. The highest BCUT2D eigenvalue weighted by Crippen LogP contribution is 2.36. The lowest BCUT2D eigenvalue weighted by Gasteiger charge is -2.18. The maximum atomic E-state index is 5.33. The number of hydrogen-bond donors (Lipinski definition) is 0. The SMILES string of the molecule is C1=c2c(-c3ccccc3)c3ccccc3c(-c3cccc(-c4nc(-c5cccc(-c6cccnc6)c5)cc(-c5cccc6ccccc56)n4)c3)c2=CCC1. The molecule has 3 nitrogen and oxygen atoms in total. The van der Waals surface area contributed by atoms with Gasteiger partial charge in [-0.15, -0.1) is 0 Å². The van der Waals surface area contributed by atoms with Crippen LogP contribution in [0.3, 0.4) is 0 Å². The second-order valence-electron chi connectivity index (χ2n) is 13.9. The van der Waals surface area contributed by atoms with Gasteiger partial charge in [0.05, 0.1) is 11.4 Å². The number of fused-ring (bicyclic) bond motifs is 3. The Kier molecular flexibility index (Phi) is 7.96. The highest BCUT2D eigenvalue weighted by molar-refractivity contribution is 6.06. The van der Waals surface area contributed by atoms with Gasteiger partial charge in [0.25, 0.3) is 0 Å². The molecule has 1 aliphatic carbocycles. The Hall–Kier alpha value is -6.97. The largest absolute Gasteiger partial charge is 0.264 e. The van der Waals surface area contributed by atoms with Crippen LogP contribution in [0.4, 0.5) is 0 Å². The Morgan fingerprint density at radius 2 is 0.963 bits per heavy atom. The van der Waals surface area contributed by atoms with Gasteiger partial charge in [0.2, 0.25) is 0 Å². The van der Waals surface area contributed by atoms with Crippen LogP contribution < -0.4 is 10.4 Å². The number of hydrogen-bond acceptors (Lipinski definition) is 3. The fraction of sp³-hybridized carbons (Fsp3) is 0.0392. The molecule has 0 aliphatic heterocycles. The Bertz CT molecular complexity index is 2980. The molecule has 0 spiro atoms. The molecule has 0 saturated carbocycles. The minimum absolute atomic E-state index is 0.693. The number of nitrogens with zero attached hydrogens (tertiary/aromatic N) is 3. The zero-order chi connectivity index (χ0) is 35.8. The molecule has 1 aliphatic rings. The van der Waals surface area contributed by atoms with Crippen LogP contribution in [0.5, 0.6) is 0 Å². The predicted octanol–water partition coefficient (Wildman–Crippen LogP) is 11.5. The molecule has 0 bridgehead atoms. The maximum absolute atomic E-state index is 5.33. The molecule has 0 N–H and O–H groups in total. The molecule has 2 aromatic heterocycles. The van der Waals surface area contributed by atoms with Gasteiger partial charge in [-0.25, -0.2) is 9.97 Å². The summed E-state index contributed by atoms with van der Waals surface area (Å²) in [5, 5.41) is 7.47. The zero-order valence-corrected chi connectivity index (χ0v) is 29.7. The summed E-state index contributed by atoms with van der Waals surface area (Å²) < 4.78 is 0. The summed E-state index contributed by atoms with van der Waals surface area (Å²) >= 11 is 0. The van der Waals surface area contributed by atoms with E-state index in [9.17, 15) is 0 Å². The molecule has 10 rings (SSSR count). The summed E-state index contributed by atoms with van der Waals surface area (Å²) in [6, 6.07) is 58.2. The molecule has 2 heterocycles. The van der Waals surface area contributed by atoms with Gasteiger partial charge in [0.15, 0.2) is 5.82 Å². The zero-order valence-electron chi connectivity index (χ0n) is 29.7. The van der Waals surface area contributed by atoms with E-state index in [2.05, 4.69) is 175 Å². The normalized spacial score (nSPS) is 12.2. The van der Waals surface area contributed by atoms with Gasteiger partial charge in [0.1, 0.15) is 0 Å². The lowest BCUT2D eigenvalue weighted by molar-refractivity contribution is 1.12. The van der Waals surface area contributed by atoms with Crippen molar-refractivity contribution < 1.29 is 0 Å². The first-order valence-corrected chi connectivity index (χ1v) is 18.6. The molecule has 3 heteroatoms. The van der Waals surface area contributed by atoms with Gasteiger partial charge in [-0.3, -0.25) is 4.98 Å². The van der Waals surface area contributed by atoms with Crippen LogP contribution in [0.15, 0.2) is 176 Å². The lowest BCUT2D eigenvalue weighted by atomic mass is 9.86. The first-order valence-electron chi connectivity index (χ1n) is 18.6. The van der Waals surface area contributed by atoms with E-state index in [4.69, 9.17) is 9.97 Å². The quantitative estimate of drug-likeness (QED) is 0.174. The van der Waals surface area contributed by atoms with Crippen molar-refractivity contribution in [3.05, 3.63) is 187 Å². The second kappa shape index (κ2) is 13.5. The third-order valence-electron chi connectivity index (χ3n) is 10.6. The number of rotatable bonds is 6. The molecular weight excluding hydrogens is 655 g/mol. The van der Waals surface area contributed by atoms with E-state index >= 15 is 0 Å². The predicted molar refractivity (Wildman–Crippen MR) is 225 cm³/mol. The summed E-state index contributed by atoms with van der Waals surface area (Å²) in [6.07, 6.45) is 10.6. The molecule has 0 radical (unpaired) electrons. The van der Waals surface area contributed by atoms with Gasteiger partial charge in [-0.05, 0) is 96.9 Å². The minimum atomic E-state index is 0.693. The molecule has 9 aromatic rings. The average molecular weight is 690 g/mol. The summed E-state index contributed by atoms with van der Waals surface area (Å²) in [5.74, 6) is 0.693. The van der Waals surface area contributed by atoms with E-state index in [0.717, 1.165) is 63.0 Å². The van der Waals surface area contributed by atoms with Crippen molar-refractivity contribution in [2.45, 2.75) is 12.8 Å². The van der Waals surface area contributed by atoms with Crippen LogP contribution in [0, 0.1) is 0 Å². The molecule has 7 aromatic carbocycles. The van der Waals surface area contributed by atoms with Gasteiger partial charge in [-0.1, -0.05) is 152 Å². The van der Waals surface area contributed by atoms with E-state index in [1.165, 1.54) is 43.3 Å². The fourth-order valence-corrected chi connectivity index (χ4v) is 8.10. The maximum Gasteiger partial charge on any atom is 0.160 e. The standard InChI is InChI=1S/C51H35N3/c1-2-15-35(16-3-1)49-43-24-6-8-26-45(43)50(46-27-9-7-25-44(46)49)38-20-11-21-39(31-38)51-53-47(37-19-10-18-36(30-37)40-22-13-29-52-33-40)32-48(54-51)42-28-12-17-34-14-4-5-23-41(34)42/h1-6,8,10-33H,7,9H2.